The first-order chi connectivity index (χ1) is 6.63. The second kappa shape index (κ2) is 5.07. The number of carboxylic acids is 1. The molecule has 0 aromatic carbocycles. The second-order valence-corrected chi connectivity index (χ2v) is 3.99. The molecule has 0 unspecified atom stereocenters. The Kier molecular flexibility index (Phi) is 4.03. The standard InChI is InChI=1S/C9H13NO3S/c1-3-13-5-8-10-6(2)7(14-8)4-9(11)12/h3-5H2,1-2H3,(H,11,12). The Morgan fingerprint density at radius 1 is 1.64 bits per heavy atom. The third kappa shape index (κ3) is 3.08. The second-order valence-electron chi connectivity index (χ2n) is 2.82. The van der Waals surface area contributed by atoms with Crippen LogP contribution in [-0.2, 0) is 22.6 Å². The average Bonchev–Trinajstić information content (AvgIpc) is 2.43. The van der Waals surface area contributed by atoms with Crippen molar-refractivity contribution in [2.45, 2.75) is 26.9 Å². The zero-order valence-corrected chi connectivity index (χ0v) is 9.06. The van der Waals surface area contributed by atoms with Gasteiger partial charge in [0.2, 0.25) is 0 Å². The van der Waals surface area contributed by atoms with Gasteiger partial charge in [0.1, 0.15) is 5.01 Å². The van der Waals surface area contributed by atoms with Gasteiger partial charge >= 0.3 is 5.97 Å². The zero-order chi connectivity index (χ0) is 10.6. The normalized spacial score (nSPS) is 10.4. The van der Waals surface area contributed by atoms with Crippen LogP contribution in [0.1, 0.15) is 22.5 Å². The summed E-state index contributed by atoms with van der Waals surface area (Å²) in [5.74, 6) is -0.820. The van der Waals surface area contributed by atoms with Gasteiger partial charge in [-0.2, -0.15) is 0 Å². The van der Waals surface area contributed by atoms with Gasteiger partial charge in [-0.1, -0.05) is 0 Å². The topological polar surface area (TPSA) is 59.4 Å². The van der Waals surface area contributed by atoms with Crippen molar-refractivity contribution in [1.82, 2.24) is 4.98 Å². The van der Waals surface area contributed by atoms with E-state index in [1.54, 1.807) is 0 Å². The van der Waals surface area contributed by atoms with Crippen molar-refractivity contribution in [1.29, 1.82) is 0 Å². The van der Waals surface area contributed by atoms with E-state index in [2.05, 4.69) is 4.98 Å². The molecule has 5 heteroatoms. The van der Waals surface area contributed by atoms with Crippen molar-refractivity contribution >= 4 is 17.3 Å². The Hall–Kier alpha value is -0.940. The molecule has 1 heterocycles. The number of aliphatic carboxylic acids is 1. The summed E-state index contributed by atoms with van der Waals surface area (Å²) in [5, 5.41) is 9.47. The molecule has 0 aliphatic carbocycles. The molecule has 0 bridgehead atoms. The van der Waals surface area contributed by atoms with E-state index in [-0.39, 0.29) is 6.42 Å². The van der Waals surface area contributed by atoms with Crippen LogP contribution in [0.25, 0.3) is 0 Å². The van der Waals surface area contributed by atoms with Crippen LogP contribution in [0.3, 0.4) is 0 Å². The number of ether oxygens (including phenoxy) is 1. The van der Waals surface area contributed by atoms with Gasteiger partial charge in [0.05, 0.1) is 18.7 Å². The van der Waals surface area contributed by atoms with Gasteiger partial charge < -0.3 is 9.84 Å². The first-order valence-corrected chi connectivity index (χ1v) is 5.19. The first-order valence-electron chi connectivity index (χ1n) is 4.38. The molecule has 0 fully saturated rings. The number of aryl methyl sites for hydroxylation is 1. The summed E-state index contributed by atoms with van der Waals surface area (Å²) in [7, 11) is 0. The van der Waals surface area contributed by atoms with Crippen LogP contribution in [0.5, 0.6) is 0 Å². The predicted molar refractivity (Wildman–Crippen MR) is 53.5 cm³/mol. The Morgan fingerprint density at radius 3 is 2.93 bits per heavy atom. The van der Waals surface area contributed by atoms with Crippen molar-refractivity contribution in [2.75, 3.05) is 6.61 Å². The number of aromatic nitrogens is 1. The summed E-state index contributed by atoms with van der Waals surface area (Å²) in [6.45, 7) is 4.86. The minimum Gasteiger partial charge on any atom is -0.481 e. The van der Waals surface area contributed by atoms with Crippen LogP contribution in [0, 0.1) is 6.92 Å². The van der Waals surface area contributed by atoms with E-state index in [0.717, 1.165) is 15.6 Å². The molecular weight excluding hydrogens is 202 g/mol. The van der Waals surface area contributed by atoms with Crippen molar-refractivity contribution in [3.05, 3.63) is 15.6 Å². The third-order valence-corrected chi connectivity index (χ3v) is 2.81. The lowest BCUT2D eigenvalue weighted by molar-refractivity contribution is -0.136. The van der Waals surface area contributed by atoms with Gasteiger partial charge in [-0.05, 0) is 13.8 Å². The largest absolute Gasteiger partial charge is 0.481 e. The van der Waals surface area contributed by atoms with Gasteiger partial charge in [-0.15, -0.1) is 11.3 Å². The van der Waals surface area contributed by atoms with Crippen LogP contribution in [0.4, 0.5) is 0 Å². The summed E-state index contributed by atoms with van der Waals surface area (Å²) < 4.78 is 5.19. The highest BCUT2D eigenvalue weighted by molar-refractivity contribution is 7.11. The van der Waals surface area contributed by atoms with E-state index in [4.69, 9.17) is 9.84 Å². The minimum atomic E-state index is -0.820. The van der Waals surface area contributed by atoms with Gasteiger partial charge in [-0.3, -0.25) is 4.79 Å². The fourth-order valence-corrected chi connectivity index (χ4v) is 2.04. The molecule has 1 rings (SSSR count). The summed E-state index contributed by atoms with van der Waals surface area (Å²) >= 11 is 1.41. The molecule has 1 aromatic heterocycles. The molecule has 0 amide bonds. The molecule has 14 heavy (non-hydrogen) atoms. The highest BCUT2D eigenvalue weighted by Crippen LogP contribution is 2.19. The Balaban J connectivity index is 2.66. The SMILES string of the molecule is CCOCc1nc(C)c(CC(=O)O)s1. The van der Waals surface area contributed by atoms with E-state index >= 15 is 0 Å². The number of thiazole rings is 1. The highest BCUT2D eigenvalue weighted by atomic mass is 32.1. The van der Waals surface area contributed by atoms with Crippen molar-refractivity contribution in [3.63, 3.8) is 0 Å². The fourth-order valence-electron chi connectivity index (χ4n) is 1.04. The maximum absolute atomic E-state index is 10.5. The maximum Gasteiger partial charge on any atom is 0.308 e. The van der Waals surface area contributed by atoms with Crippen molar-refractivity contribution < 1.29 is 14.6 Å². The smallest absolute Gasteiger partial charge is 0.308 e. The average molecular weight is 215 g/mol. The maximum atomic E-state index is 10.5. The molecule has 0 atom stereocenters. The van der Waals surface area contributed by atoms with Gasteiger partial charge in [-0.25, -0.2) is 4.98 Å². The molecule has 1 N–H and O–H groups in total. The fraction of sp³-hybridized carbons (Fsp3) is 0.556. The molecule has 0 aliphatic heterocycles. The molecule has 78 valence electrons. The quantitative estimate of drug-likeness (QED) is 0.810. The number of hydrogen-bond donors (Lipinski definition) is 1. The molecule has 0 radical (unpaired) electrons. The minimum absolute atomic E-state index is 0.0512. The molecule has 0 saturated carbocycles. The van der Waals surface area contributed by atoms with E-state index < -0.39 is 5.97 Å². The van der Waals surface area contributed by atoms with Gasteiger partial charge in [0, 0.05) is 11.5 Å². The number of nitrogens with zero attached hydrogens (tertiary/aromatic N) is 1. The van der Waals surface area contributed by atoms with Gasteiger partial charge in [0.15, 0.2) is 0 Å². The van der Waals surface area contributed by atoms with E-state index in [0.29, 0.717) is 13.2 Å². The van der Waals surface area contributed by atoms with Crippen LogP contribution in [0.15, 0.2) is 0 Å². The molecule has 1 aromatic rings. The first kappa shape index (κ1) is 11.1. The lowest BCUT2D eigenvalue weighted by Gasteiger charge is -1.94. The number of carbonyl (C=O) groups is 1. The van der Waals surface area contributed by atoms with Crippen LogP contribution >= 0.6 is 11.3 Å². The number of hydrogen-bond acceptors (Lipinski definition) is 4. The molecule has 4 nitrogen and oxygen atoms in total. The summed E-state index contributed by atoms with van der Waals surface area (Å²) in [6.07, 6.45) is 0.0512. The molecule has 0 aliphatic rings. The molecular formula is C9H13NO3S. The Morgan fingerprint density at radius 2 is 2.36 bits per heavy atom. The van der Waals surface area contributed by atoms with Crippen LogP contribution in [0.2, 0.25) is 0 Å². The third-order valence-electron chi connectivity index (χ3n) is 1.68. The number of carboxylic acid groups (broad SMARTS) is 1. The highest BCUT2D eigenvalue weighted by Gasteiger charge is 2.10. The van der Waals surface area contributed by atoms with E-state index in [9.17, 15) is 4.79 Å². The lowest BCUT2D eigenvalue weighted by Crippen LogP contribution is -1.99. The van der Waals surface area contributed by atoms with Crippen molar-refractivity contribution in [2.24, 2.45) is 0 Å². The van der Waals surface area contributed by atoms with Crippen LogP contribution in [-0.4, -0.2) is 22.7 Å². The monoisotopic (exact) mass is 215 g/mol. The Bertz CT molecular complexity index is 322. The van der Waals surface area contributed by atoms with Crippen molar-refractivity contribution in [3.8, 4) is 0 Å². The summed E-state index contributed by atoms with van der Waals surface area (Å²) in [5.41, 5.74) is 0.798. The predicted octanol–water partition coefficient (Wildman–Crippen LogP) is 1.62. The van der Waals surface area contributed by atoms with E-state index in [1.807, 2.05) is 13.8 Å². The zero-order valence-electron chi connectivity index (χ0n) is 8.24. The Labute approximate surface area is 86.6 Å². The number of rotatable bonds is 5. The molecule has 0 spiro atoms. The lowest BCUT2D eigenvalue weighted by atomic mass is 10.3. The van der Waals surface area contributed by atoms with Gasteiger partial charge in [0.25, 0.3) is 0 Å². The summed E-state index contributed by atoms with van der Waals surface area (Å²) in [4.78, 5) is 15.5. The summed E-state index contributed by atoms with van der Waals surface area (Å²) in [6, 6.07) is 0. The molecule has 0 saturated heterocycles. The van der Waals surface area contributed by atoms with E-state index in [1.165, 1.54) is 11.3 Å². The van der Waals surface area contributed by atoms with Crippen LogP contribution < -0.4 is 0 Å².